The Morgan fingerprint density at radius 1 is 1.13 bits per heavy atom. The molecule has 3 heterocycles. The number of anilines is 1. The molecule has 1 aliphatic rings. The maximum absolute atomic E-state index is 13.2. The first-order chi connectivity index (χ1) is 14.6. The lowest BCUT2D eigenvalue weighted by molar-refractivity contribution is 0.0740. The van der Waals surface area contributed by atoms with Crippen molar-refractivity contribution < 1.29 is 23.5 Å². The molecular weight excluding hydrogens is 404 g/mol. The summed E-state index contributed by atoms with van der Waals surface area (Å²) in [6.07, 6.45) is 3.26. The summed E-state index contributed by atoms with van der Waals surface area (Å²) in [5.41, 5.74) is 1.02. The zero-order chi connectivity index (χ0) is 21.1. The topological polar surface area (TPSA) is 81.0 Å². The standard InChI is InChI=1S/C22H22N2O5S/c1-27-16-8-7-14(13-18(16)28-2)15-5-3-11-24(15)22(26)19-9-10-20(30-19)23-21(25)17-6-4-12-29-17/h4,6-10,12-13,15H,3,5,11H2,1-2H3,(H,23,25)/t15-/m1/s1. The van der Waals surface area contributed by atoms with Crippen molar-refractivity contribution in [3.63, 3.8) is 0 Å². The first kappa shape index (κ1) is 20.0. The number of hydrogen-bond acceptors (Lipinski definition) is 6. The number of ether oxygens (including phenoxy) is 2. The molecule has 4 rings (SSSR count). The van der Waals surface area contributed by atoms with Crippen molar-refractivity contribution >= 4 is 28.2 Å². The van der Waals surface area contributed by atoms with E-state index in [1.165, 1.54) is 17.6 Å². The van der Waals surface area contributed by atoms with Gasteiger partial charge in [-0.15, -0.1) is 11.3 Å². The summed E-state index contributed by atoms with van der Waals surface area (Å²) >= 11 is 1.25. The summed E-state index contributed by atoms with van der Waals surface area (Å²) in [5, 5.41) is 3.36. The summed E-state index contributed by atoms with van der Waals surface area (Å²) in [5.74, 6) is 1.14. The van der Waals surface area contributed by atoms with E-state index in [1.54, 1.807) is 38.5 Å². The predicted molar refractivity (Wildman–Crippen MR) is 114 cm³/mol. The minimum Gasteiger partial charge on any atom is -0.493 e. The highest BCUT2D eigenvalue weighted by atomic mass is 32.1. The number of hydrogen-bond donors (Lipinski definition) is 1. The molecule has 8 heteroatoms. The van der Waals surface area contributed by atoms with Crippen molar-refractivity contribution in [3.05, 3.63) is 64.9 Å². The van der Waals surface area contributed by atoms with Gasteiger partial charge in [0.1, 0.15) is 0 Å². The number of furan rings is 1. The maximum Gasteiger partial charge on any atom is 0.291 e. The number of methoxy groups -OCH3 is 2. The molecule has 1 atom stereocenters. The minimum absolute atomic E-state index is 0.0273. The lowest BCUT2D eigenvalue weighted by Crippen LogP contribution is -2.30. The van der Waals surface area contributed by atoms with Crippen LogP contribution >= 0.6 is 11.3 Å². The molecule has 1 aromatic carbocycles. The van der Waals surface area contributed by atoms with E-state index in [0.29, 0.717) is 27.9 Å². The predicted octanol–water partition coefficient (Wildman–Crippen LogP) is 4.59. The van der Waals surface area contributed by atoms with E-state index in [-0.39, 0.29) is 23.6 Å². The second-order valence-corrected chi connectivity index (χ2v) is 7.95. The molecule has 156 valence electrons. The Bertz CT molecular complexity index is 1040. The summed E-state index contributed by atoms with van der Waals surface area (Å²) in [6, 6.07) is 12.5. The third kappa shape index (κ3) is 3.91. The fraction of sp³-hybridized carbons (Fsp3) is 0.273. The van der Waals surface area contributed by atoms with Gasteiger partial charge < -0.3 is 24.1 Å². The van der Waals surface area contributed by atoms with Gasteiger partial charge >= 0.3 is 0 Å². The lowest BCUT2D eigenvalue weighted by Gasteiger charge is -2.25. The number of amides is 2. The zero-order valence-electron chi connectivity index (χ0n) is 16.7. The molecule has 1 aliphatic heterocycles. The van der Waals surface area contributed by atoms with Gasteiger partial charge in [0.25, 0.3) is 11.8 Å². The fourth-order valence-corrected chi connectivity index (χ4v) is 4.52. The van der Waals surface area contributed by atoms with E-state index in [4.69, 9.17) is 13.9 Å². The molecule has 0 unspecified atom stereocenters. The van der Waals surface area contributed by atoms with E-state index < -0.39 is 0 Å². The van der Waals surface area contributed by atoms with E-state index in [0.717, 1.165) is 18.4 Å². The van der Waals surface area contributed by atoms with Crippen LogP contribution in [0.25, 0.3) is 0 Å². The number of benzene rings is 1. The van der Waals surface area contributed by atoms with Crippen LogP contribution in [0.5, 0.6) is 11.5 Å². The second-order valence-electron chi connectivity index (χ2n) is 6.87. The molecule has 7 nitrogen and oxygen atoms in total. The van der Waals surface area contributed by atoms with E-state index in [9.17, 15) is 9.59 Å². The molecule has 2 amide bonds. The van der Waals surface area contributed by atoms with E-state index >= 15 is 0 Å². The lowest BCUT2D eigenvalue weighted by atomic mass is 10.0. The Kier molecular flexibility index (Phi) is 5.76. The highest BCUT2D eigenvalue weighted by molar-refractivity contribution is 7.18. The molecule has 1 fully saturated rings. The number of rotatable bonds is 6. The van der Waals surface area contributed by atoms with Gasteiger partial charge in [-0.05, 0) is 54.8 Å². The van der Waals surface area contributed by atoms with Crippen LogP contribution in [-0.4, -0.2) is 37.5 Å². The summed E-state index contributed by atoms with van der Waals surface area (Å²) in [6.45, 7) is 0.684. The van der Waals surface area contributed by atoms with Crippen LogP contribution in [0, 0.1) is 0 Å². The minimum atomic E-state index is -0.342. The maximum atomic E-state index is 13.2. The molecule has 0 bridgehead atoms. The van der Waals surface area contributed by atoms with Crippen LogP contribution in [0.15, 0.2) is 53.1 Å². The quantitative estimate of drug-likeness (QED) is 0.624. The summed E-state index contributed by atoms with van der Waals surface area (Å²) in [4.78, 5) is 27.8. The normalized spacial score (nSPS) is 15.8. The van der Waals surface area contributed by atoms with E-state index in [2.05, 4.69) is 5.32 Å². The smallest absolute Gasteiger partial charge is 0.291 e. The number of carbonyl (C=O) groups excluding carboxylic acids is 2. The van der Waals surface area contributed by atoms with Crippen molar-refractivity contribution in [1.82, 2.24) is 4.90 Å². The highest BCUT2D eigenvalue weighted by Crippen LogP contribution is 2.38. The number of thiophene rings is 1. The second kappa shape index (κ2) is 8.62. The van der Waals surface area contributed by atoms with Gasteiger partial charge in [0.2, 0.25) is 0 Å². The Labute approximate surface area is 178 Å². The van der Waals surface area contributed by atoms with Crippen molar-refractivity contribution in [2.75, 3.05) is 26.1 Å². The monoisotopic (exact) mass is 426 g/mol. The molecule has 3 aromatic rings. The fourth-order valence-electron chi connectivity index (χ4n) is 3.66. The molecule has 2 aromatic heterocycles. The van der Waals surface area contributed by atoms with Crippen molar-refractivity contribution in [2.24, 2.45) is 0 Å². The van der Waals surface area contributed by atoms with Gasteiger partial charge in [-0.3, -0.25) is 9.59 Å². The third-order valence-electron chi connectivity index (χ3n) is 5.10. The Hall–Kier alpha value is -3.26. The zero-order valence-corrected chi connectivity index (χ0v) is 17.5. The van der Waals surface area contributed by atoms with Crippen LogP contribution in [-0.2, 0) is 0 Å². The van der Waals surface area contributed by atoms with Gasteiger partial charge in [-0.2, -0.15) is 0 Å². The summed E-state index contributed by atoms with van der Waals surface area (Å²) < 4.78 is 15.8. The van der Waals surface area contributed by atoms with Crippen molar-refractivity contribution in [2.45, 2.75) is 18.9 Å². The van der Waals surface area contributed by atoms with Crippen molar-refractivity contribution in [3.8, 4) is 11.5 Å². The van der Waals surface area contributed by atoms with Gasteiger partial charge in [0.05, 0.1) is 36.4 Å². The largest absolute Gasteiger partial charge is 0.493 e. The molecule has 1 saturated heterocycles. The molecular formula is C22H22N2O5S. The average molecular weight is 426 g/mol. The third-order valence-corrected chi connectivity index (χ3v) is 6.09. The SMILES string of the molecule is COc1ccc([C@H]2CCCN2C(=O)c2ccc(NC(=O)c3ccco3)s2)cc1OC. The summed E-state index contributed by atoms with van der Waals surface area (Å²) in [7, 11) is 3.20. The number of nitrogens with zero attached hydrogens (tertiary/aromatic N) is 1. The molecule has 1 N–H and O–H groups in total. The number of carbonyl (C=O) groups is 2. The van der Waals surface area contributed by atoms with Crippen LogP contribution in [0.1, 0.15) is 44.7 Å². The van der Waals surface area contributed by atoms with Gasteiger partial charge in [-0.25, -0.2) is 0 Å². The number of nitrogens with one attached hydrogen (secondary N) is 1. The number of likely N-dealkylation sites (tertiary alicyclic amines) is 1. The van der Waals surface area contributed by atoms with Crippen LogP contribution in [0.4, 0.5) is 5.00 Å². The van der Waals surface area contributed by atoms with Crippen molar-refractivity contribution in [1.29, 1.82) is 0 Å². The molecule has 0 spiro atoms. The Balaban J connectivity index is 1.50. The average Bonchev–Trinajstić information content (AvgIpc) is 3.54. The first-order valence-corrected chi connectivity index (χ1v) is 10.4. The van der Waals surface area contributed by atoms with Crippen LogP contribution < -0.4 is 14.8 Å². The van der Waals surface area contributed by atoms with Gasteiger partial charge in [0, 0.05) is 6.54 Å². The molecule has 30 heavy (non-hydrogen) atoms. The molecule has 0 saturated carbocycles. The molecule has 0 aliphatic carbocycles. The first-order valence-electron chi connectivity index (χ1n) is 9.58. The molecule has 0 radical (unpaired) electrons. The van der Waals surface area contributed by atoms with Gasteiger partial charge in [-0.1, -0.05) is 6.07 Å². The van der Waals surface area contributed by atoms with Crippen LogP contribution in [0.2, 0.25) is 0 Å². The highest BCUT2D eigenvalue weighted by Gasteiger charge is 2.32. The van der Waals surface area contributed by atoms with E-state index in [1.807, 2.05) is 23.1 Å². The van der Waals surface area contributed by atoms with Gasteiger partial charge in [0.15, 0.2) is 17.3 Å². The Morgan fingerprint density at radius 3 is 2.70 bits per heavy atom. The Morgan fingerprint density at radius 2 is 1.97 bits per heavy atom. The van der Waals surface area contributed by atoms with Crippen LogP contribution in [0.3, 0.4) is 0 Å².